The zero-order valence-electron chi connectivity index (χ0n) is 18.6. The van der Waals surface area contributed by atoms with Gasteiger partial charge >= 0.3 is 109 Å². The van der Waals surface area contributed by atoms with Crippen LogP contribution in [-0.2, 0) is 15.3 Å². The van der Waals surface area contributed by atoms with Crippen molar-refractivity contribution in [2.24, 2.45) is 0 Å². The van der Waals surface area contributed by atoms with Gasteiger partial charge in [0.15, 0.2) is 0 Å². The summed E-state index contributed by atoms with van der Waals surface area (Å²) in [4.78, 5) is 0. The minimum atomic E-state index is -2.15. The molecule has 0 spiro atoms. The average molecular weight is 515 g/mol. The predicted molar refractivity (Wildman–Crippen MR) is 147 cm³/mol. The number of halogens is 2. The number of fused-ring (bicyclic) bond motifs is 2. The van der Waals surface area contributed by atoms with E-state index in [1.807, 2.05) is 36.4 Å². The number of hydrogen-bond donors (Lipinski definition) is 0. The zero-order valence-corrected chi connectivity index (χ0v) is 21.7. The third-order valence-electron chi connectivity index (χ3n) is 5.41. The first-order valence-corrected chi connectivity index (χ1v) is 16.2. The van der Waals surface area contributed by atoms with Crippen LogP contribution in [0.3, 0.4) is 0 Å². The Kier molecular flexibility index (Phi) is 9.07. The Balaban J connectivity index is 0.000000129. The van der Waals surface area contributed by atoms with Crippen molar-refractivity contribution in [3.05, 3.63) is 157 Å². The summed E-state index contributed by atoms with van der Waals surface area (Å²) in [6, 6.07) is 49.6. The van der Waals surface area contributed by atoms with Gasteiger partial charge < -0.3 is 0 Å². The van der Waals surface area contributed by atoms with Gasteiger partial charge in [-0.15, -0.1) is 59.3 Å². The molecule has 0 saturated heterocycles. The van der Waals surface area contributed by atoms with Gasteiger partial charge in [0.2, 0.25) is 0 Å². The van der Waals surface area contributed by atoms with Crippen molar-refractivity contribution in [1.82, 2.24) is 0 Å². The molecule has 0 fully saturated rings. The molecule has 0 bridgehead atoms. The quantitative estimate of drug-likeness (QED) is 0.159. The second-order valence-electron chi connectivity index (χ2n) is 7.68. The third kappa shape index (κ3) is 6.66. The normalized spacial score (nSPS) is 10.1. The maximum atomic E-state index is 6.21. The Morgan fingerprint density at radius 3 is 1.24 bits per heavy atom. The summed E-state index contributed by atoms with van der Waals surface area (Å²) < 4.78 is 1.12. The fraction of sp³-hybridized carbons (Fsp3) is 0. The number of benzene rings is 4. The van der Waals surface area contributed by atoms with Crippen molar-refractivity contribution in [3.8, 4) is 0 Å². The van der Waals surface area contributed by atoms with Gasteiger partial charge in [-0.2, -0.15) is 35.0 Å². The first-order chi connectivity index (χ1) is 16.7. The molecule has 0 unspecified atom stereocenters. The molecular formula is C31H24Cl2Ti-2. The average Bonchev–Trinajstić information content (AvgIpc) is 3.56. The van der Waals surface area contributed by atoms with Crippen LogP contribution >= 0.6 is 18.6 Å². The molecule has 0 N–H and O–H groups in total. The first-order valence-electron chi connectivity index (χ1n) is 11.1. The zero-order chi connectivity index (χ0) is 23.6. The Morgan fingerprint density at radius 1 is 0.471 bits per heavy atom. The fourth-order valence-corrected chi connectivity index (χ4v) is 6.74. The molecular weight excluding hydrogens is 491 g/mol. The van der Waals surface area contributed by atoms with Crippen LogP contribution in [0.5, 0.6) is 0 Å². The third-order valence-corrected chi connectivity index (χ3v) is 8.46. The summed E-state index contributed by atoms with van der Waals surface area (Å²) in [5.41, 5.74) is 2.27. The molecule has 34 heavy (non-hydrogen) atoms. The summed E-state index contributed by atoms with van der Waals surface area (Å²) in [7, 11) is 12.4. The standard InChI is InChI=1S/C13H10.2C9H7.2ClH.Ti/c1-3-7-12(8-4-1)11-13-9-5-2-6-10-13;2*1-2-5-9-7-3-6-8(9)4-1;;;/h1-10H;2*1-7H;2*1H;/q;2*-1;;;+2/p-2. The van der Waals surface area contributed by atoms with E-state index in [9.17, 15) is 0 Å². The Hall–Kier alpha value is -2.74. The Morgan fingerprint density at radius 2 is 0.853 bits per heavy atom. The van der Waals surface area contributed by atoms with E-state index in [1.54, 1.807) is 0 Å². The van der Waals surface area contributed by atoms with E-state index >= 15 is 0 Å². The molecule has 0 aromatic heterocycles. The monoisotopic (exact) mass is 514 g/mol. The van der Waals surface area contributed by atoms with Crippen LogP contribution in [-0.4, -0.2) is 3.81 Å². The second-order valence-corrected chi connectivity index (χ2v) is 13.2. The van der Waals surface area contributed by atoms with E-state index in [-0.39, 0.29) is 0 Å². The fourth-order valence-electron chi connectivity index (χ4n) is 3.73. The predicted octanol–water partition coefficient (Wildman–Crippen LogP) is 9.30. The van der Waals surface area contributed by atoms with Gasteiger partial charge in [0.1, 0.15) is 0 Å². The van der Waals surface area contributed by atoms with Gasteiger partial charge in [-0.05, 0) is 0 Å². The van der Waals surface area contributed by atoms with E-state index in [1.165, 1.54) is 21.5 Å². The summed E-state index contributed by atoms with van der Waals surface area (Å²) in [5, 5.41) is 5.32. The molecule has 0 amide bonds. The first kappa shape index (κ1) is 24.4. The van der Waals surface area contributed by atoms with E-state index in [0.717, 1.165) is 14.9 Å². The van der Waals surface area contributed by atoms with E-state index in [2.05, 4.69) is 109 Å². The minimum Gasteiger partial charge on any atom is -0.168 e. The molecule has 6 rings (SSSR count). The molecule has 6 aromatic carbocycles. The van der Waals surface area contributed by atoms with Gasteiger partial charge in [0.05, 0.1) is 0 Å². The van der Waals surface area contributed by atoms with Crippen molar-refractivity contribution in [1.29, 1.82) is 0 Å². The van der Waals surface area contributed by atoms with Gasteiger partial charge in [-0.3, -0.25) is 0 Å². The van der Waals surface area contributed by atoms with Crippen molar-refractivity contribution < 1.29 is 15.3 Å². The molecule has 3 heteroatoms. The van der Waals surface area contributed by atoms with Crippen LogP contribution < -0.4 is 0 Å². The van der Waals surface area contributed by atoms with E-state index in [4.69, 9.17) is 18.6 Å². The molecule has 0 aliphatic heterocycles. The topological polar surface area (TPSA) is 0 Å². The van der Waals surface area contributed by atoms with Crippen LogP contribution in [0.25, 0.3) is 21.5 Å². The van der Waals surface area contributed by atoms with Crippen LogP contribution in [0.1, 0.15) is 11.1 Å². The number of rotatable bonds is 2. The smallest absolute Gasteiger partial charge is 0.0809 e. The van der Waals surface area contributed by atoms with Crippen molar-refractivity contribution in [3.63, 3.8) is 0 Å². The van der Waals surface area contributed by atoms with E-state index in [0.29, 0.717) is 0 Å². The molecule has 0 heterocycles. The summed E-state index contributed by atoms with van der Waals surface area (Å²) in [6.07, 6.45) is 0. The van der Waals surface area contributed by atoms with E-state index < -0.39 is 15.3 Å². The molecule has 0 aliphatic carbocycles. The summed E-state index contributed by atoms with van der Waals surface area (Å²) in [5.74, 6) is 0. The van der Waals surface area contributed by atoms with Crippen LogP contribution in [0, 0.1) is 0 Å². The number of hydrogen-bond acceptors (Lipinski definition) is 0. The van der Waals surface area contributed by atoms with Crippen molar-refractivity contribution in [2.45, 2.75) is 0 Å². The molecule has 0 nitrogen and oxygen atoms in total. The van der Waals surface area contributed by atoms with Crippen LogP contribution in [0.15, 0.2) is 146 Å². The maximum Gasteiger partial charge on any atom is -0.0809 e. The molecule has 0 saturated carbocycles. The van der Waals surface area contributed by atoms with Crippen molar-refractivity contribution in [2.75, 3.05) is 0 Å². The molecule has 0 aliphatic rings. The van der Waals surface area contributed by atoms with Crippen LogP contribution in [0.2, 0.25) is 0 Å². The maximum absolute atomic E-state index is 6.21. The molecule has 0 atom stereocenters. The Bertz CT molecular complexity index is 1290. The van der Waals surface area contributed by atoms with Gasteiger partial charge in [0.25, 0.3) is 0 Å². The van der Waals surface area contributed by atoms with Gasteiger partial charge in [-0.1, -0.05) is 12.1 Å². The molecule has 6 aromatic rings. The Labute approximate surface area is 214 Å². The van der Waals surface area contributed by atoms with Crippen molar-refractivity contribution >= 4 is 44.0 Å². The van der Waals surface area contributed by atoms with Crippen LogP contribution in [0.4, 0.5) is 0 Å². The van der Waals surface area contributed by atoms with Gasteiger partial charge in [0, 0.05) is 0 Å². The second kappa shape index (κ2) is 12.7. The molecule has 0 radical (unpaired) electrons. The minimum absolute atomic E-state index is 1.12. The summed E-state index contributed by atoms with van der Waals surface area (Å²) >= 11 is -2.15. The molecule has 168 valence electrons. The summed E-state index contributed by atoms with van der Waals surface area (Å²) in [6.45, 7) is 0. The largest absolute Gasteiger partial charge is 0.168 e. The SMILES string of the molecule is [Cl][Ti]([Cl])=[C](c1ccccc1)c1ccccc1.c1ccc2[cH-]ccc2c1.c1ccc2[cH-]ccc2c1. The van der Waals surface area contributed by atoms with Gasteiger partial charge in [-0.25, -0.2) is 0 Å².